The van der Waals surface area contributed by atoms with Crippen LogP contribution in [0.25, 0.3) is 0 Å². The van der Waals surface area contributed by atoms with Crippen molar-refractivity contribution in [3.05, 3.63) is 22.7 Å². The molecule has 20 heavy (non-hydrogen) atoms. The van der Waals surface area contributed by atoms with E-state index in [2.05, 4.69) is 35.1 Å². The van der Waals surface area contributed by atoms with Gasteiger partial charge in [0.05, 0.1) is 11.6 Å². The van der Waals surface area contributed by atoms with Gasteiger partial charge in [0.1, 0.15) is 11.5 Å². The second-order valence-electron chi connectivity index (χ2n) is 5.03. The highest BCUT2D eigenvalue weighted by Gasteiger charge is 2.15. The third-order valence-corrected chi connectivity index (χ3v) is 3.45. The summed E-state index contributed by atoms with van der Waals surface area (Å²) in [6.45, 7) is 6.66. The highest BCUT2D eigenvalue weighted by molar-refractivity contribution is 9.10. The molecule has 0 aliphatic heterocycles. The molecule has 1 unspecified atom stereocenters. The Balaban J connectivity index is 2.52. The average Bonchev–Trinajstić information content (AvgIpc) is 2.40. The van der Waals surface area contributed by atoms with Crippen LogP contribution in [0.3, 0.4) is 0 Å². The Morgan fingerprint density at radius 1 is 1.35 bits per heavy atom. The van der Waals surface area contributed by atoms with Crippen molar-refractivity contribution in [1.29, 1.82) is 0 Å². The Kier molecular flexibility index (Phi) is 6.85. The standard InChI is InChI=1S/C15H22BrNO3/c1-10(2)7-8-17-15(18)11(3)20-14-6-5-12(19-4)9-13(14)16/h5-6,9-11H,7-8H2,1-4H3,(H,17,18). The molecular formula is C15H22BrNO3. The zero-order chi connectivity index (χ0) is 15.1. The van der Waals surface area contributed by atoms with Crippen LogP contribution in [-0.2, 0) is 4.79 Å². The number of amides is 1. The summed E-state index contributed by atoms with van der Waals surface area (Å²) in [6.07, 6.45) is 0.428. The van der Waals surface area contributed by atoms with Gasteiger partial charge >= 0.3 is 0 Å². The molecule has 0 fully saturated rings. The summed E-state index contributed by atoms with van der Waals surface area (Å²) < 4.78 is 11.5. The predicted molar refractivity (Wildman–Crippen MR) is 83.2 cm³/mol. The van der Waals surface area contributed by atoms with Gasteiger partial charge in [-0.05, 0) is 53.4 Å². The summed E-state index contributed by atoms with van der Waals surface area (Å²) in [6, 6.07) is 5.38. The molecular weight excluding hydrogens is 322 g/mol. The number of hydrogen-bond acceptors (Lipinski definition) is 3. The van der Waals surface area contributed by atoms with Crippen LogP contribution in [0, 0.1) is 5.92 Å². The Bertz CT molecular complexity index is 449. The Morgan fingerprint density at radius 2 is 2.05 bits per heavy atom. The van der Waals surface area contributed by atoms with Crippen LogP contribution < -0.4 is 14.8 Å². The largest absolute Gasteiger partial charge is 0.497 e. The molecule has 1 N–H and O–H groups in total. The molecule has 4 nitrogen and oxygen atoms in total. The maximum Gasteiger partial charge on any atom is 0.260 e. The number of ether oxygens (including phenoxy) is 2. The third-order valence-electron chi connectivity index (χ3n) is 2.83. The Labute approximate surface area is 129 Å². The molecule has 0 aliphatic carbocycles. The number of nitrogens with one attached hydrogen (secondary N) is 1. The summed E-state index contributed by atoms with van der Waals surface area (Å²) >= 11 is 3.40. The van der Waals surface area contributed by atoms with E-state index in [0.29, 0.717) is 18.2 Å². The fourth-order valence-electron chi connectivity index (χ4n) is 1.58. The number of hydrogen-bond donors (Lipinski definition) is 1. The third kappa shape index (κ3) is 5.41. The number of carbonyl (C=O) groups excluding carboxylic acids is 1. The molecule has 0 bridgehead atoms. The Morgan fingerprint density at radius 3 is 2.60 bits per heavy atom. The van der Waals surface area contributed by atoms with Gasteiger partial charge in [-0.2, -0.15) is 0 Å². The predicted octanol–water partition coefficient (Wildman–Crippen LogP) is 3.39. The van der Waals surface area contributed by atoms with Crippen molar-refractivity contribution in [2.24, 2.45) is 5.92 Å². The first-order chi connectivity index (χ1) is 9.43. The maximum absolute atomic E-state index is 11.9. The lowest BCUT2D eigenvalue weighted by atomic mass is 10.1. The number of halogens is 1. The van der Waals surface area contributed by atoms with Gasteiger partial charge in [-0.15, -0.1) is 0 Å². The molecule has 0 saturated carbocycles. The van der Waals surface area contributed by atoms with Crippen LogP contribution in [0.5, 0.6) is 11.5 Å². The van der Waals surface area contributed by atoms with Gasteiger partial charge in [0.25, 0.3) is 5.91 Å². The normalized spacial score (nSPS) is 12.1. The lowest BCUT2D eigenvalue weighted by molar-refractivity contribution is -0.127. The molecule has 0 aliphatic rings. The molecule has 1 rings (SSSR count). The van der Waals surface area contributed by atoms with Gasteiger partial charge in [0.2, 0.25) is 0 Å². The van der Waals surface area contributed by atoms with Crippen LogP contribution in [0.4, 0.5) is 0 Å². The minimum absolute atomic E-state index is 0.103. The summed E-state index contributed by atoms with van der Waals surface area (Å²) in [4.78, 5) is 11.9. The molecule has 5 heteroatoms. The fourth-order valence-corrected chi connectivity index (χ4v) is 2.03. The van der Waals surface area contributed by atoms with Gasteiger partial charge in [0, 0.05) is 6.54 Å². The summed E-state index contributed by atoms with van der Waals surface area (Å²) in [5.41, 5.74) is 0. The smallest absolute Gasteiger partial charge is 0.260 e. The monoisotopic (exact) mass is 343 g/mol. The quantitative estimate of drug-likeness (QED) is 0.825. The van der Waals surface area contributed by atoms with Gasteiger partial charge in [-0.3, -0.25) is 4.79 Å². The van der Waals surface area contributed by atoms with Crippen molar-refractivity contribution < 1.29 is 14.3 Å². The SMILES string of the molecule is COc1ccc(OC(C)C(=O)NCCC(C)C)c(Br)c1. The molecule has 1 atom stereocenters. The molecule has 112 valence electrons. The summed E-state index contributed by atoms with van der Waals surface area (Å²) in [5.74, 6) is 1.83. The van der Waals surface area contributed by atoms with E-state index in [-0.39, 0.29) is 5.91 Å². The minimum atomic E-state index is -0.535. The van der Waals surface area contributed by atoms with E-state index in [1.54, 1.807) is 32.2 Å². The van der Waals surface area contributed by atoms with Crippen molar-refractivity contribution in [1.82, 2.24) is 5.32 Å². The van der Waals surface area contributed by atoms with Gasteiger partial charge in [-0.1, -0.05) is 13.8 Å². The molecule has 0 aromatic heterocycles. The van der Waals surface area contributed by atoms with E-state index in [1.165, 1.54) is 0 Å². The van der Waals surface area contributed by atoms with Crippen molar-refractivity contribution in [3.8, 4) is 11.5 Å². The van der Waals surface area contributed by atoms with E-state index in [1.807, 2.05) is 0 Å². The van der Waals surface area contributed by atoms with Crippen molar-refractivity contribution in [3.63, 3.8) is 0 Å². The zero-order valence-electron chi connectivity index (χ0n) is 12.4. The average molecular weight is 344 g/mol. The highest BCUT2D eigenvalue weighted by atomic mass is 79.9. The van der Waals surface area contributed by atoms with Crippen molar-refractivity contribution in [2.45, 2.75) is 33.3 Å². The highest BCUT2D eigenvalue weighted by Crippen LogP contribution is 2.29. The zero-order valence-corrected chi connectivity index (χ0v) is 14.0. The fraction of sp³-hybridized carbons (Fsp3) is 0.533. The van der Waals surface area contributed by atoms with Crippen LogP contribution in [0.1, 0.15) is 27.2 Å². The van der Waals surface area contributed by atoms with E-state index < -0.39 is 6.10 Å². The van der Waals surface area contributed by atoms with Crippen LogP contribution in [0.15, 0.2) is 22.7 Å². The number of rotatable bonds is 7. The van der Waals surface area contributed by atoms with E-state index in [9.17, 15) is 4.79 Å². The molecule has 1 aromatic rings. The van der Waals surface area contributed by atoms with Crippen LogP contribution in [-0.4, -0.2) is 25.7 Å². The first-order valence-electron chi connectivity index (χ1n) is 6.72. The molecule has 1 aromatic carbocycles. The lowest BCUT2D eigenvalue weighted by Crippen LogP contribution is -2.37. The van der Waals surface area contributed by atoms with E-state index in [0.717, 1.165) is 16.6 Å². The van der Waals surface area contributed by atoms with Crippen LogP contribution in [0.2, 0.25) is 0 Å². The maximum atomic E-state index is 11.9. The summed E-state index contributed by atoms with van der Waals surface area (Å²) in [5, 5.41) is 2.87. The first kappa shape index (κ1) is 16.8. The number of methoxy groups -OCH3 is 1. The van der Waals surface area contributed by atoms with Crippen molar-refractivity contribution in [2.75, 3.05) is 13.7 Å². The molecule has 0 radical (unpaired) electrons. The Hall–Kier alpha value is -1.23. The molecule has 0 spiro atoms. The lowest BCUT2D eigenvalue weighted by Gasteiger charge is -2.16. The number of benzene rings is 1. The second-order valence-corrected chi connectivity index (χ2v) is 5.88. The molecule has 1 amide bonds. The first-order valence-corrected chi connectivity index (χ1v) is 7.51. The van der Waals surface area contributed by atoms with E-state index >= 15 is 0 Å². The molecule has 0 heterocycles. The van der Waals surface area contributed by atoms with Gasteiger partial charge in [-0.25, -0.2) is 0 Å². The minimum Gasteiger partial charge on any atom is -0.497 e. The van der Waals surface area contributed by atoms with Gasteiger partial charge < -0.3 is 14.8 Å². The van der Waals surface area contributed by atoms with E-state index in [4.69, 9.17) is 9.47 Å². The molecule has 0 saturated heterocycles. The van der Waals surface area contributed by atoms with Crippen LogP contribution >= 0.6 is 15.9 Å². The number of carbonyl (C=O) groups is 1. The second kappa shape index (κ2) is 8.15. The van der Waals surface area contributed by atoms with Gasteiger partial charge in [0.15, 0.2) is 6.10 Å². The van der Waals surface area contributed by atoms with Crippen molar-refractivity contribution >= 4 is 21.8 Å². The summed E-state index contributed by atoms with van der Waals surface area (Å²) in [7, 11) is 1.60. The topological polar surface area (TPSA) is 47.6 Å².